The first kappa shape index (κ1) is 111. The number of aliphatic hydroxyl groups excluding tert-OH is 2. The Labute approximate surface area is 739 Å². The number of benzene rings is 2. The quantitative estimate of drug-likeness (QED) is 0.0166. The van der Waals surface area contributed by atoms with Gasteiger partial charge in [0.1, 0.15) is 78.5 Å². The maximum Gasteiger partial charge on any atom is 0.326 e. The first-order valence-corrected chi connectivity index (χ1v) is 41.6. The van der Waals surface area contributed by atoms with Crippen molar-refractivity contribution >= 4 is 124 Å². The highest BCUT2D eigenvalue weighted by Gasteiger charge is 2.38. The van der Waals surface area contributed by atoms with E-state index in [4.69, 9.17) is 51.0 Å². The van der Waals surface area contributed by atoms with Crippen molar-refractivity contribution < 1.29 is 106 Å². The second-order valence-corrected chi connectivity index (χ2v) is 30.6. The summed E-state index contributed by atoms with van der Waals surface area (Å²) < 4.78 is 0. The minimum atomic E-state index is -1.85. The molecule has 0 aliphatic heterocycles. The van der Waals surface area contributed by atoms with Gasteiger partial charge >= 0.3 is 5.97 Å². The lowest BCUT2D eigenvalue weighted by Gasteiger charge is -2.28. The van der Waals surface area contributed by atoms with Crippen molar-refractivity contribution in [2.24, 2.45) is 46.1 Å². The Morgan fingerprint density at radius 2 is 0.727 bits per heavy atom. The highest BCUT2D eigenvalue weighted by Crippen LogP contribution is 2.13. The van der Waals surface area contributed by atoms with E-state index in [1.807, 2.05) is 0 Å². The van der Waals surface area contributed by atoms with E-state index in [-0.39, 0.29) is 103 Å². The van der Waals surface area contributed by atoms with Gasteiger partial charge < -0.3 is 151 Å². The fourth-order valence-electron chi connectivity index (χ4n) is 12.1. The summed E-state index contributed by atoms with van der Waals surface area (Å²) in [5.74, 6) is -20.5. The van der Waals surface area contributed by atoms with E-state index in [1.54, 1.807) is 74.5 Å². The molecule has 15 atom stereocenters. The molecule has 49 heteroatoms. The monoisotopic (exact) mass is 1810 g/mol. The molecule has 0 fully saturated rings. The summed E-state index contributed by atoms with van der Waals surface area (Å²) in [6.45, 7) is 5.17. The Morgan fingerprint density at radius 1 is 0.359 bits per heavy atom. The fourth-order valence-corrected chi connectivity index (χ4v) is 12.1. The molecule has 0 bridgehead atoms. The first-order chi connectivity index (χ1) is 60.4. The number of primary amides is 2. The van der Waals surface area contributed by atoms with Gasteiger partial charge in [-0.2, -0.15) is 0 Å². The van der Waals surface area contributed by atoms with E-state index in [2.05, 4.69) is 95.7 Å². The molecule has 2 aromatic carbocycles. The van der Waals surface area contributed by atoms with Crippen LogP contribution < -0.4 is 136 Å². The first-order valence-electron chi connectivity index (χ1n) is 41.6. The number of guanidine groups is 2. The standard InChI is InChI=1S/C79H129N27O22/c1-41(2)33-54(72(122)95-44(5)66(116)103-56(36-59(84)110)73(123)102-53(77(127)128)27-28-58(83)109)104-70(120)49(23-13-15-29-80)100-69(119)52(26-18-32-90-79(87)88)99-65(115)43(4)96-75(125)57(40-107)105-71(121)50(24-14-16-30-81)101-68(118)51(25-17-31-89-78(85)86)98-64(114)42(3)94-61(112)39-93-76(126)63(45(6)108)106-74(124)55(35-47-21-11-8-12-22-47)97-62(113)38-91-60(111)37-92-67(117)48(82)34-46-19-9-7-10-20-46/h7-12,19-22,41-45,48-57,63,107-108H,13-18,23-40,80-82H2,1-6H3,(H2,83,109)(H2,84,110)(H,91,111)(H,92,117)(H,93,126)(H,94,112)(H,95,122)(H,96,125)(H,97,113)(H,98,114)(H,99,115)(H,100,119)(H,101,118)(H,102,123)(H,103,116)(H,104,120)(H,105,121)(H,106,124)(H,127,128)(H4,85,86,89)(H4,87,88,90)/t42-,43-,44-,45-,48+,49+,50-,51-,52-,53-,54-,55-,56+,57+,63+/m0/s1. The molecule has 128 heavy (non-hydrogen) atoms. The molecule has 0 spiro atoms. The van der Waals surface area contributed by atoms with E-state index in [9.17, 15) is 106 Å². The van der Waals surface area contributed by atoms with Gasteiger partial charge in [-0.15, -0.1) is 0 Å². The van der Waals surface area contributed by atoms with Crippen LogP contribution in [0.2, 0.25) is 0 Å². The molecule has 2 rings (SSSR count). The van der Waals surface area contributed by atoms with Gasteiger partial charge in [-0.05, 0) is 141 Å². The number of amides is 18. The summed E-state index contributed by atoms with van der Waals surface area (Å²) in [4.78, 5) is 254. The summed E-state index contributed by atoms with van der Waals surface area (Å²) in [7, 11) is 0. The van der Waals surface area contributed by atoms with Crippen molar-refractivity contribution in [1.29, 1.82) is 10.8 Å². The molecule has 2 aromatic rings. The topological polar surface area (TPSA) is 831 Å². The van der Waals surface area contributed by atoms with Crippen molar-refractivity contribution in [2.75, 3.05) is 52.4 Å². The van der Waals surface area contributed by atoms with Gasteiger partial charge in [0.15, 0.2) is 11.9 Å². The number of carboxylic acids is 1. The molecule has 0 saturated carbocycles. The Bertz CT molecular complexity index is 4080. The van der Waals surface area contributed by atoms with Crippen LogP contribution in [0.4, 0.5) is 0 Å². The third kappa shape index (κ3) is 45.0. The van der Waals surface area contributed by atoms with Crippen molar-refractivity contribution in [3.05, 3.63) is 71.8 Å². The molecule has 37 N–H and O–H groups in total. The van der Waals surface area contributed by atoms with E-state index >= 15 is 0 Å². The van der Waals surface area contributed by atoms with Gasteiger partial charge in [0.2, 0.25) is 106 Å². The van der Waals surface area contributed by atoms with Crippen LogP contribution in [0.3, 0.4) is 0 Å². The third-order valence-electron chi connectivity index (χ3n) is 19.1. The summed E-state index contributed by atoms with van der Waals surface area (Å²) in [5, 5.41) is 89.6. The maximum atomic E-state index is 14.4. The Balaban J connectivity index is 2.30. The summed E-state index contributed by atoms with van der Waals surface area (Å²) in [6, 6.07) is -4.32. The summed E-state index contributed by atoms with van der Waals surface area (Å²) >= 11 is 0. The molecule has 49 nitrogen and oxygen atoms in total. The number of nitrogens with two attached hydrogens (primary N) is 7. The molecule has 18 amide bonds. The number of unbranched alkanes of at least 4 members (excludes halogenated alkanes) is 2. The van der Waals surface area contributed by atoms with Crippen molar-refractivity contribution in [1.82, 2.24) is 95.7 Å². The number of carbonyl (C=O) groups excluding carboxylic acids is 18. The van der Waals surface area contributed by atoms with Gasteiger partial charge in [0.05, 0.1) is 44.8 Å². The van der Waals surface area contributed by atoms with Gasteiger partial charge in [0.25, 0.3) is 0 Å². The van der Waals surface area contributed by atoms with Crippen LogP contribution in [0, 0.1) is 16.7 Å². The average Bonchev–Trinajstić information content (AvgIpc) is 0.848. The lowest BCUT2D eigenvalue weighted by Crippen LogP contribution is -2.61. The largest absolute Gasteiger partial charge is 0.480 e. The zero-order chi connectivity index (χ0) is 96.3. The van der Waals surface area contributed by atoms with Crippen LogP contribution in [-0.2, 0) is 104 Å². The predicted molar refractivity (Wildman–Crippen MR) is 462 cm³/mol. The van der Waals surface area contributed by atoms with Crippen LogP contribution in [0.5, 0.6) is 0 Å². The Hall–Kier alpha value is -13.3. The fraction of sp³-hybridized carbons (Fsp3) is 0.582. The highest BCUT2D eigenvalue weighted by molar-refractivity contribution is 6.01. The number of rotatable bonds is 62. The minimum absolute atomic E-state index is 0.0136. The van der Waals surface area contributed by atoms with Gasteiger partial charge in [-0.1, -0.05) is 74.5 Å². The minimum Gasteiger partial charge on any atom is -0.480 e. The number of hydrogen-bond acceptors (Lipinski definition) is 26. The lowest BCUT2D eigenvalue weighted by atomic mass is 10.0. The number of aliphatic carboxylic acids is 1. The highest BCUT2D eigenvalue weighted by atomic mass is 16.4. The van der Waals surface area contributed by atoms with Crippen LogP contribution in [-0.4, -0.2) is 283 Å². The number of carboxylic acid groups (broad SMARTS) is 1. The molecular formula is C79H129N27O22. The lowest BCUT2D eigenvalue weighted by molar-refractivity contribution is -0.143. The normalized spacial score (nSPS) is 14.4. The summed E-state index contributed by atoms with van der Waals surface area (Å²) in [6.07, 6.45) is -3.00. The zero-order valence-corrected chi connectivity index (χ0v) is 72.6. The van der Waals surface area contributed by atoms with Gasteiger partial charge in [-0.3, -0.25) is 97.1 Å². The molecule has 0 saturated heterocycles. The summed E-state index contributed by atoms with van der Waals surface area (Å²) in [5.41, 5.74) is 40.3. The molecular weight excluding hydrogens is 1680 g/mol. The van der Waals surface area contributed by atoms with Crippen LogP contribution >= 0.6 is 0 Å². The number of aliphatic hydroxyl groups is 2. The van der Waals surface area contributed by atoms with E-state index in [1.165, 1.54) is 20.8 Å². The molecule has 0 aliphatic carbocycles. The van der Waals surface area contributed by atoms with Crippen LogP contribution in [0.15, 0.2) is 60.7 Å². The van der Waals surface area contributed by atoms with E-state index in [0.29, 0.717) is 18.4 Å². The second-order valence-electron chi connectivity index (χ2n) is 30.6. The van der Waals surface area contributed by atoms with Crippen LogP contribution in [0.25, 0.3) is 0 Å². The van der Waals surface area contributed by atoms with Gasteiger partial charge in [-0.25, -0.2) is 4.79 Å². The number of hydrogen-bond donors (Lipinski definition) is 30. The van der Waals surface area contributed by atoms with Crippen molar-refractivity contribution in [2.45, 2.75) is 235 Å². The molecule has 0 radical (unpaired) electrons. The second kappa shape index (κ2) is 59.6. The van der Waals surface area contributed by atoms with Gasteiger partial charge in [0, 0.05) is 25.9 Å². The third-order valence-corrected chi connectivity index (χ3v) is 19.1. The van der Waals surface area contributed by atoms with Crippen molar-refractivity contribution in [3.63, 3.8) is 0 Å². The maximum absolute atomic E-state index is 14.4. The predicted octanol–water partition coefficient (Wildman–Crippen LogP) is -11.1. The van der Waals surface area contributed by atoms with Crippen molar-refractivity contribution in [3.8, 4) is 0 Å². The Kier molecular flexibility index (Phi) is 51.6. The zero-order valence-electron chi connectivity index (χ0n) is 72.6. The average molecular weight is 1810 g/mol. The van der Waals surface area contributed by atoms with E-state index in [0.717, 1.165) is 12.5 Å². The SMILES string of the molecule is CC(C)C[C@H](NC(=O)[C@@H](CCCCN)NC(=O)[C@H](CCCNC(=N)N)NC(=O)[C@H](C)NC(=O)[C@@H](CO)NC(=O)[C@H](CCCCN)NC(=O)[C@H](CCCNC(=N)N)NC(=O)[C@H](C)NC(=O)CNC(=O)[C@H](NC(=O)[C@H](Cc1ccccc1)NC(=O)CNC(=O)CNC(=O)[C@H](N)Cc1ccccc1)[C@H](C)O)C(=O)N[C@@H](C)C(=O)N[C@H](CC(N)=O)C(=O)N[C@@H](CCC(N)=O)C(=O)O. The Morgan fingerprint density at radius 3 is 1.16 bits per heavy atom. The molecule has 0 aliphatic rings. The smallest absolute Gasteiger partial charge is 0.326 e. The molecule has 712 valence electrons. The van der Waals surface area contributed by atoms with Crippen LogP contribution in [0.1, 0.15) is 143 Å². The van der Waals surface area contributed by atoms with E-state index < -0.39 is 260 Å². The number of nitrogens with one attached hydrogen (secondary N) is 20. The molecule has 0 unspecified atom stereocenters. The molecule has 0 heterocycles. The molecule has 0 aromatic heterocycles. The number of carbonyl (C=O) groups is 19.